The smallest absolute Gasteiger partial charge is 0.119 e. The highest BCUT2D eigenvalue weighted by Crippen LogP contribution is 2.21. The van der Waals surface area contributed by atoms with Crippen LogP contribution in [0.2, 0.25) is 5.02 Å². The van der Waals surface area contributed by atoms with Gasteiger partial charge in [0.05, 0.1) is 17.2 Å². The lowest BCUT2D eigenvalue weighted by atomic mass is 10.2. The van der Waals surface area contributed by atoms with Crippen LogP contribution in [0.5, 0.6) is 5.75 Å². The van der Waals surface area contributed by atoms with E-state index in [1.165, 1.54) is 0 Å². The summed E-state index contributed by atoms with van der Waals surface area (Å²) in [4.78, 5) is 0. The Hall–Kier alpha value is -2.18. The van der Waals surface area contributed by atoms with E-state index in [9.17, 15) is 0 Å². The van der Waals surface area contributed by atoms with Gasteiger partial charge in [0.15, 0.2) is 0 Å². The molecule has 1 N–H and O–H groups in total. The molecule has 0 amide bonds. The van der Waals surface area contributed by atoms with E-state index >= 15 is 0 Å². The van der Waals surface area contributed by atoms with E-state index in [0.717, 1.165) is 30.0 Å². The Morgan fingerprint density at radius 3 is 2.81 bits per heavy atom. The maximum atomic E-state index is 8.85. The molecule has 0 spiro atoms. The molecule has 2 aromatic rings. The molecular formula is C17H17ClN2O. The number of hydrogen-bond donors (Lipinski definition) is 1. The predicted octanol–water partition coefficient (Wildman–Crippen LogP) is 4.61. The maximum absolute atomic E-state index is 8.85. The van der Waals surface area contributed by atoms with Gasteiger partial charge in [-0.25, -0.2) is 0 Å². The van der Waals surface area contributed by atoms with Crippen LogP contribution in [0.3, 0.4) is 0 Å². The molecular weight excluding hydrogens is 284 g/mol. The summed E-state index contributed by atoms with van der Waals surface area (Å²) in [5.41, 5.74) is 2.50. The van der Waals surface area contributed by atoms with Gasteiger partial charge in [-0.15, -0.1) is 0 Å². The molecule has 0 fully saturated rings. The minimum absolute atomic E-state index is 0.461. The summed E-state index contributed by atoms with van der Waals surface area (Å²) >= 11 is 6.01. The summed E-state index contributed by atoms with van der Waals surface area (Å²) < 4.78 is 5.61. The zero-order valence-corrected chi connectivity index (χ0v) is 12.7. The third kappa shape index (κ3) is 4.40. The van der Waals surface area contributed by atoms with Crippen molar-refractivity contribution in [2.45, 2.75) is 19.9 Å². The standard InChI is InChI=1S/C17H17ClN2O/c1-2-8-21-16-5-3-4-13(9-16)12-20-15-7-6-14(11-19)17(18)10-15/h3-7,9-10,20H,2,8,12H2,1H3. The number of nitrogens with zero attached hydrogens (tertiary/aromatic N) is 1. The van der Waals surface area contributed by atoms with Crippen LogP contribution in [0.25, 0.3) is 0 Å². The van der Waals surface area contributed by atoms with Crippen molar-refractivity contribution < 1.29 is 4.74 Å². The molecule has 0 bridgehead atoms. The van der Waals surface area contributed by atoms with E-state index in [0.29, 0.717) is 17.1 Å². The molecule has 0 atom stereocenters. The zero-order chi connectivity index (χ0) is 15.1. The van der Waals surface area contributed by atoms with E-state index in [2.05, 4.69) is 12.2 Å². The lowest BCUT2D eigenvalue weighted by Gasteiger charge is -2.09. The Labute approximate surface area is 130 Å². The van der Waals surface area contributed by atoms with Crippen LogP contribution in [0.15, 0.2) is 42.5 Å². The van der Waals surface area contributed by atoms with Gasteiger partial charge in [0, 0.05) is 12.2 Å². The Bertz CT molecular complexity index is 649. The Balaban J connectivity index is 1.99. The highest BCUT2D eigenvalue weighted by molar-refractivity contribution is 6.32. The minimum atomic E-state index is 0.461. The number of rotatable bonds is 6. The number of halogens is 1. The van der Waals surface area contributed by atoms with Crippen molar-refractivity contribution >= 4 is 17.3 Å². The van der Waals surface area contributed by atoms with E-state index in [1.807, 2.05) is 36.4 Å². The van der Waals surface area contributed by atoms with Gasteiger partial charge in [-0.2, -0.15) is 5.26 Å². The quantitative estimate of drug-likeness (QED) is 0.847. The number of hydrogen-bond acceptors (Lipinski definition) is 3. The average molecular weight is 301 g/mol. The van der Waals surface area contributed by atoms with Crippen LogP contribution in [-0.2, 0) is 6.54 Å². The molecule has 108 valence electrons. The molecule has 0 aliphatic rings. The van der Waals surface area contributed by atoms with E-state index in [-0.39, 0.29) is 0 Å². The molecule has 2 rings (SSSR count). The van der Waals surface area contributed by atoms with Crippen LogP contribution in [0, 0.1) is 11.3 Å². The second-order valence-electron chi connectivity index (χ2n) is 4.66. The van der Waals surface area contributed by atoms with Gasteiger partial charge >= 0.3 is 0 Å². The molecule has 0 aliphatic heterocycles. The summed E-state index contributed by atoms with van der Waals surface area (Å²) in [6.07, 6.45) is 0.992. The molecule has 0 radical (unpaired) electrons. The number of nitrogens with one attached hydrogen (secondary N) is 1. The van der Waals surface area contributed by atoms with Crippen molar-refractivity contribution in [3.05, 3.63) is 58.6 Å². The number of nitriles is 1. The highest BCUT2D eigenvalue weighted by Gasteiger charge is 2.02. The largest absolute Gasteiger partial charge is 0.494 e. The first-order chi connectivity index (χ1) is 10.2. The first-order valence-electron chi connectivity index (χ1n) is 6.88. The van der Waals surface area contributed by atoms with Crippen LogP contribution in [-0.4, -0.2) is 6.61 Å². The molecule has 0 unspecified atom stereocenters. The van der Waals surface area contributed by atoms with Crippen LogP contribution >= 0.6 is 11.6 Å². The van der Waals surface area contributed by atoms with Gasteiger partial charge in [-0.1, -0.05) is 30.7 Å². The molecule has 21 heavy (non-hydrogen) atoms. The second-order valence-corrected chi connectivity index (χ2v) is 5.06. The summed E-state index contributed by atoms with van der Waals surface area (Å²) in [6.45, 7) is 3.48. The Kier molecular flexibility index (Phi) is 5.48. The second kappa shape index (κ2) is 7.56. The molecule has 0 heterocycles. The van der Waals surface area contributed by atoms with Gasteiger partial charge in [0.2, 0.25) is 0 Å². The van der Waals surface area contributed by atoms with Gasteiger partial charge < -0.3 is 10.1 Å². The number of anilines is 1. The molecule has 2 aromatic carbocycles. The van der Waals surface area contributed by atoms with Crippen molar-refractivity contribution in [2.24, 2.45) is 0 Å². The summed E-state index contributed by atoms with van der Waals surface area (Å²) in [5, 5.41) is 12.6. The topological polar surface area (TPSA) is 45.0 Å². The molecule has 4 heteroatoms. The van der Waals surface area contributed by atoms with Gasteiger partial charge in [-0.3, -0.25) is 0 Å². The fraction of sp³-hybridized carbons (Fsp3) is 0.235. The van der Waals surface area contributed by atoms with Crippen molar-refractivity contribution in [1.82, 2.24) is 0 Å². The summed E-state index contributed by atoms with van der Waals surface area (Å²) in [6, 6.07) is 15.4. The average Bonchev–Trinajstić information content (AvgIpc) is 2.51. The predicted molar refractivity (Wildman–Crippen MR) is 85.7 cm³/mol. The van der Waals surface area contributed by atoms with Gasteiger partial charge in [0.25, 0.3) is 0 Å². The SMILES string of the molecule is CCCOc1cccc(CNc2ccc(C#N)c(Cl)c2)c1. The van der Waals surface area contributed by atoms with Gasteiger partial charge in [0.1, 0.15) is 11.8 Å². The fourth-order valence-electron chi connectivity index (χ4n) is 1.89. The van der Waals surface area contributed by atoms with Crippen molar-refractivity contribution in [1.29, 1.82) is 5.26 Å². The summed E-state index contributed by atoms with van der Waals surface area (Å²) in [5.74, 6) is 0.883. The van der Waals surface area contributed by atoms with Crippen LogP contribution in [0.1, 0.15) is 24.5 Å². The lowest BCUT2D eigenvalue weighted by Crippen LogP contribution is -2.01. The molecule has 0 saturated carbocycles. The molecule has 3 nitrogen and oxygen atoms in total. The van der Waals surface area contributed by atoms with E-state index in [1.54, 1.807) is 12.1 Å². The first-order valence-corrected chi connectivity index (χ1v) is 7.26. The molecule has 0 aromatic heterocycles. The van der Waals surface area contributed by atoms with Crippen molar-refractivity contribution in [3.8, 4) is 11.8 Å². The maximum Gasteiger partial charge on any atom is 0.119 e. The minimum Gasteiger partial charge on any atom is -0.494 e. The third-order valence-corrected chi connectivity index (χ3v) is 3.27. The summed E-state index contributed by atoms with van der Waals surface area (Å²) in [7, 11) is 0. The number of ether oxygens (including phenoxy) is 1. The zero-order valence-electron chi connectivity index (χ0n) is 11.9. The van der Waals surface area contributed by atoms with E-state index < -0.39 is 0 Å². The Morgan fingerprint density at radius 1 is 1.24 bits per heavy atom. The van der Waals surface area contributed by atoms with Gasteiger partial charge in [-0.05, 0) is 42.3 Å². The van der Waals surface area contributed by atoms with Crippen molar-refractivity contribution in [2.75, 3.05) is 11.9 Å². The monoisotopic (exact) mass is 300 g/mol. The highest BCUT2D eigenvalue weighted by atomic mass is 35.5. The molecule has 0 saturated heterocycles. The first kappa shape index (κ1) is 15.2. The fourth-order valence-corrected chi connectivity index (χ4v) is 2.11. The van der Waals surface area contributed by atoms with Crippen molar-refractivity contribution in [3.63, 3.8) is 0 Å². The normalized spacial score (nSPS) is 9.95. The lowest BCUT2D eigenvalue weighted by molar-refractivity contribution is 0.317. The van der Waals surface area contributed by atoms with E-state index in [4.69, 9.17) is 21.6 Å². The molecule has 0 aliphatic carbocycles. The Morgan fingerprint density at radius 2 is 2.10 bits per heavy atom. The number of benzene rings is 2. The third-order valence-electron chi connectivity index (χ3n) is 2.96. The van der Waals surface area contributed by atoms with Crippen LogP contribution in [0.4, 0.5) is 5.69 Å². The van der Waals surface area contributed by atoms with Crippen LogP contribution < -0.4 is 10.1 Å².